The number of ether oxygens (including phenoxy) is 8. The number of rotatable bonds is 24. The summed E-state index contributed by atoms with van der Waals surface area (Å²) in [6, 6.07) is -0.463. The number of esters is 6. The van der Waals surface area contributed by atoms with Gasteiger partial charge in [0.2, 0.25) is 0 Å². The van der Waals surface area contributed by atoms with Gasteiger partial charge >= 0.3 is 48.0 Å². The van der Waals surface area contributed by atoms with Crippen molar-refractivity contribution >= 4 is 48.0 Å². The quantitative estimate of drug-likeness (QED) is 0.0810. The average Bonchev–Trinajstić information content (AvgIpc) is 3.19. The normalized spacial score (nSPS) is 17.0. The van der Waals surface area contributed by atoms with E-state index in [1.807, 2.05) is 13.8 Å². The second-order valence-electron chi connectivity index (χ2n) is 13.9. The number of hydrogen-bond donors (Lipinski definition) is 2. The molecule has 18 nitrogen and oxygen atoms in total. The fraction of sp³-hybridized carbons (Fsp3) is 0.487. The summed E-state index contributed by atoms with van der Waals surface area (Å²) in [7, 11) is 0. The highest BCUT2D eigenvalue weighted by atomic mass is 16.6. The lowest BCUT2D eigenvalue weighted by molar-refractivity contribution is -0.161. The summed E-state index contributed by atoms with van der Waals surface area (Å²) in [5.74, 6) is -5.03. The van der Waals surface area contributed by atoms with Gasteiger partial charge in [-0.25, -0.2) is 38.4 Å². The van der Waals surface area contributed by atoms with E-state index >= 15 is 0 Å². The van der Waals surface area contributed by atoms with Crippen molar-refractivity contribution < 1.29 is 76.3 Å². The third-order valence-electron chi connectivity index (χ3n) is 9.09. The molecule has 1 rings (SSSR count). The van der Waals surface area contributed by atoms with Crippen LogP contribution >= 0.6 is 0 Å². The van der Waals surface area contributed by atoms with E-state index in [1.165, 1.54) is 0 Å². The van der Waals surface area contributed by atoms with E-state index in [1.54, 1.807) is 6.92 Å². The highest BCUT2D eigenvalue weighted by molar-refractivity contribution is 5.83. The summed E-state index contributed by atoms with van der Waals surface area (Å²) in [4.78, 5) is 97.8. The van der Waals surface area contributed by atoms with E-state index in [9.17, 15) is 38.4 Å². The number of hydrogen-bond acceptors (Lipinski definition) is 16. The Hall–Kier alpha value is -6.20. The minimum atomic E-state index is -1.54. The van der Waals surface area contributed by atoms with Crippen LogP contribution in [-0.2, 0) is 66.7 Å². The summed E-state index contributed by atoms with van der Waals surface area (Å²) >= 11 is 0. The predicted octanol–water partition coefficient (Wildman–Crippen LogP) is 3.12. The number of amides is 2. The van der Waals surface area contributed by atoms with Crippen LogP contribution in [0, 0.1) is 16.2 Å². The molecule has 2 amide bonds. The van der Waals surface area contributed by atoms with Gasteiger partial charge in [0.25, 0.3) is 0 Å². The van der Waals surface area contributed by atoms with Crippen molar-refractivity contribution in [2.75, 3.05) is 52.9 Å². The van der Waals surface area contributed by atoms with Crippen LogP contribution in [0.2, 0.25) is 0 Å². The second kappa shape index (κ2) is 23.0. The molecule has 18 heteroatoms. The largest absolute Gasteiger partial charge is 0.462 e. The standard InChI is InChI=1S/C39H52N2O16/c1-10-28(42)50-19-38(20-51-29(43)11-2,21-52-30(44)12-3)25-56-34(48)40-27-16-17-37(9,36(7,8)18-27)41-35(49)57-26-39(22-53-31(45)13-4,23-54-32(46)14-5)24-55-33(47)15-6/h10-15,27H,1-6,16-26H2,7-9H3,(H,40,48)(H,41,49). The summed E-state index contributed by atoms with van der Waals surface area (Å²) in [5.41, 5.74) is -4.69. The summed E-state index contributed by atoms with van der Waals surface area (Å²) in [6.07, 6.45) is 4.56. The van der Waals surface area contributed by atoms with Gasteiger partial charge in [-0.1, -0.05) is 53.3 Å². The Labute approximate surface area is 331 Å². The van der Waals surface area contributed by atoms with Gasteiger partial charge in [0.1, 0.15) is 63.7 Å². The van der Waals surface area contributed by atoms with Crippen LogP contribution in [0.3, 0.4) is 0 Å². The zero-order valence-corrected chi connectivity index (χ0v) is 32.6. The van der Waals surface area contributed by atoms with Crippen LogP contribution in [0.15, 0.2) is 75.9 Å². The minimum Gasteiger partial charge on any atom is -0.462 e. The molecule has 1 aliphatic rings. The van der Waals surface area contributed by atoms with Crippen molar-refractivity contribution in [1.82, 2.24) is 10.6 Å². The molecule has 1 saturated carbocycles. The van der Waals surface area contributed by atoms with E-state index in [2.05, 4.69) is 50.1 Å². The first kappa shape index (κ1) is 48.8. The Morgan fingerprint density at radius 3 is 1.07 bits per heavy atom. The van der Waals surface area contributed by atoms with E-state index < -0.39 is 129 Å². The molecule has 0 aromatic rings. The molecule has 0 spiro atoms. The van der Waals surface area contributed by atoms with Crippen molar-refractivity contribution in [3.05, 3.63) is 75.9 Å². The minimum absolute atomic E-state index is 0.325. The van der Waals surface area contributed by atoms with Gasteiger partial charge in [-0.15, -0.1) is 0 Å². The highest BCUT2D eigenvalue weighted by Crippen LogP contribution is 2.44. The Morgan fingerprint density at radius 2 is 0.789 bits per heavy atom. The first-order valence-corrected chi connectivity index (χ1v) is 17.4. The number of alkyl carbamates (subject to hydrolysis) is 2. The molecule has 0 heterocycles. The van der Waals surface area contributed by atoms with Crippen molar-refractivity contribution in [2.45, 2.75) is 51.6 Å². The molecule has 0 bridgehead atoms. The molecule has 57 heavy (non-hydrogen) atoms. The van der Waals surface area contributed by atoms with Crippen molar-refractivity contribution in [3.8, 4) is 0 Å². The van der Waals surface area contributed by atoms with E-state index in [4.69, 9.17) is 37.9 Å². The molecule has 2 atom stereocenters. The zero-order valence-electron chi connectivity index (χ0n) is 32.6. The van der Waals surface area contributed by atoms with E-state index in [-0.39, 0.29) is 0 Å². The Morgan fingerprint density at radius 1 is 0.509 bits per heavy atom. The number of carbonyl (C=O) groups is 8. The molecule has 1 aliphatic carbocycles. The molecule has 314 valence electrons. The maximum absolute atomic E-state index is 13.3. The lowest BCUT2D eigenvalue weighted by Gasteiger charge is -2.50. The third kappa shape index (κ3) is 16.6. The van der Waals surface area contributed by atoms with Crippen LogP contribution in [0.5, 0.6) is 0 Å². The van der Waals surface area contributed by atoms with Crippen molar-refractivity contribution in [3.63, 3.8) is 0 Å². The van der Waals surface area contributed by atoms with Crippen LogP contribution in [0.4, 0.5) is 9.59 Å². The third-order valence-corrected chi connectivity index (χ3v) is 9.09. The molecule has 0 aromatic carbocycles. The van der Waals surface area contributed by atoms with Gasteiger partial charge in [0.15, 0.2) is 0 Å². The van der Waals surface area contributed by atoms with Gasteiger partial charge in [-0.3, -0.25) is 0 Å². The van der Waals surface area contributed by atoms with E-state index in [0.717, 1.165) is 36.5 Å². The predicted molar refractivity (Wildman–Crippen MR) is 201 cm³/mol. The van der Waals surface area contributed by atoms with Crippen molar-refractivity contribution in [2.24, 2.45) is 16.2 Å². The molecule has 1 fully saturated rings. The summed E-state index contributed by atoms with van der Waals surface area (Å²) in [6.45, 7) is 21.4. The fourth-order valence-corrected chi connectivity index (χ4v) is 5.21. The zero-order chi connectivity index (χ0) is 43.3. The van der Waals surface area contributed by atoms with Gasteiger partial charge in [0.05, 0.1) is 0 Å². The molecule has 0 aliphatic heterocycles. The molecule has 0 saturated heterocycles. The molecular weight excluding hydrogens is 752 g/mol. The average molecular weight is 805 g/mol. The highest BCUT2D eigenvalue weighted by Gasteiger charge is 2.48. The SMILES string of the molecule is C=CC(=O)OCC(COC(=O)C=C)(COC(=O)C=C)COC(=O)NC1CCC(C)(NC(=O)OCC(COC(=O)C=C)(COC(=O)C=C)COC(=O)C=C)C(C)(C)C1. The van der Waals surface area contributed by atoms with E-state index in [0.29, 0.717) is 19.3 Å². The van der Waals surface area contributed by atoms with Crippen LogP contribution in [0.25, 0.3) is 0 Å². The molecular formula is C39H52N2O16. The molecule has 0 aromatic heterocycles. The van der Waals surface area contributed by atoms with Crippen LogP contribution in [-0.4, -0.2) is 112 Å². The van der Waals surface area contributed by atoms with Gasteiger partial charge in [-0.05, 0) is 31.6 Å². The second-order valence-corrected chi connectivity index (χ2v) is 13.9. The lowest BCUT2D eigenvalue weighted by Crippen LogP contribution is -2.61. The molecule has 2 unspecified atom stereocenters. The van der Waals surface area contributed by atoms with Crippen LogP contribution < -0.4 is 10.6 Å². The maximum Gasteiger partial charge on any atom is 0.407 e. The Bertz CT molecular complexity index is 1450. The van der Waals surface area contributed by atoms with Crippen molar-refractivity contribution in [1.29, 1.82) is 0 Å². The maximum atomic E-state index is 13.3. The summed E-state index contributed by atoms with van der Waals surface area (Å²) < 4.78 is 42.0. The fourth-order valence-electron chi connectivity index (χ4n) is 5.21. The number of nitrogens with one attached hydrogen (secondary N) is 2. The summed E-state index contributed by atoms with van der Waals surface area (Å²) in [5, 5.41) is 5.64. The molecule has 0 radical (unpaired) electrons. The van der Waals surface area contributed by atoms with Gasteiger partial charge < -0.3 is 48.5 Å². The first-order valence-electron chi connectivity index (χ1n) is 17.4. The van der Waals surface area contributed by atoms with Crippen LogP contribution in [0.1, 0.15) is 40.0 Å². The molecule has 2 N–H and O–H groups in total. The smallest absolute Gasteiger partial charge is 0.407 e. The monoisotopic (exact) mass is 804 g/mol. The number of carbonyl (C=O) groups excluding carboxylic acids is 8. The Kier molecular flexibility index (Phi) is 19.7. The van der Waals surface area contributed by atoms with Gasteiger partial charge in [-0.2, -0.15) is 0 Å². The Balaban J connectivity index is 3.10. The first-order chi connectivity index (χ1) is 26.8. The lowest BCUT2D eigenvalue weighted by atomic mass is 9.62. The van der Waals surface area contributed by atoms with Gasteiger partial charge in [0, 0.05) is 48.0 Å². The topological polar surface area (TPSA) is 234 Å².